The molecule has 0 bridgehead atoms. The first kappa shape index (κ1) is 14.1. The average molecular weight is 235 g/mol. The number of rotatable bonds is 6. The SMILES string of the molecule is Cc1cccc(CN(C)CCC(N)C(C)C)n1. The van der Waals surface area contributed by atoms with E-state index in [-0.39, 0.29) is 0 Å². The Balaban J connectivity index is 2.37. The smallest absolute Gasteiger partial charge is 0.0547 e. The number of hydrogen-bond donors (Lipinski definition) is 1. The van der Waals surface area contributed by atoms with Gasteiger partial charge in [0.1, 0.15) is 0 Å². The van der Waals surface area contributed by atoms with Gasteiger partial charge in [0.2, 0.25) is 0 Å². The van der Waals surface area contributed by atoms with Crippen molar-refractivity contribution >= 4 is 0 Å². The third kappa shape index (κ3) is 5.29. The van der Waals surface area contributed by atoms with Crippen molar-refractivity contribution < 1.29 is 0 Å². The lowest BCUT2D eigenvalue weighted by molar-refractivity contribution is 0.293. The van der Waals surface area contributed by atoms with Crippen molar-refractivity contribution in [1.29, 1.82) is 0 Å². The Labute approximate surface area is 105 Å². The Bertz CT molecular complexity index is 336. The molecular weight excluding hydrogens is 210 g/mol. The Morgan fingerprint density at radius 1 is 1.35 bits per heavy atom. The minimum absolute atomic E-state index is 0.294. The molecular formula is C14H25N3. The zero-order valence-corrected chi connectivity index (χ0v) is 11.5. The molecule has 1 unspecified atom stereocenters. The minimum Gasteiger partial charge on any atom is -0.327 e. The van der Waals surface area contributed by atoms with Gasteiger partial charge in [0, 0.05) is 18.3 Å². The van der Waals surface area contributed by atoms with Gasteiger partial charge in [-0.05, 0) is 45.0 Å². The minimum atomic E-state index is 0.294. The number of hydrogen-bond acceptors (Lipinski definition) is 3. The predicted octanol–water partition coefficient (Wildman–Crippen LogP) is 2.20. The van der Waals surface area contributed by atoms with Gasteiger partial charge < -0.3 is 10.6 Å². The first-order chi connectivity index (χ1) is 7.99. The predicted molar refractivity (Wildman–Crippen MR) is 72.7 cm³/mol. The summed E-state index contributed by atoms with van der Waals surface area (Å²) in [7, 11) is 2.12. The van der Waals surface area contributed by atoms with Crippen LogP contribution in [0.4, 0.5) is 0 Å². The van der Waals surface area contributed by atoms with Gasteiger partial charge in [-0.2, -0.15) is 0 Å². The summed E-state index contributed by atoms with van der Waals surface area (Å²) < 4.78 is 0. The molecule has 0 radical (unpaired) electrons. The van der Waals surface area contributed by atoms with Crippen LogP contribution >= 0.6 is 0 Å². The maximum atomic E-state index is 6.04. The largest absolute Gasteiger partial charge is 0.327 e. The van der Waals surface area contributed by atoms with E-state index in [0.717, 1.165) is 30.9 Å². The highest BCUT2D eigenvalue weighted by Crippen LogP contribution is 2.06. The molecule has 3 nitrogen and oxygen atoms in total. The van der Waals surface area contributed by atoms with Crippen LogP contribution in [0.15, 0.2) is 18.2 Å². The summed E-state index contributed by atoms with van der Waals surface area (Å²) in [6.45, 7) is 8.29. The van der Waals surface area contributed by atoms with Gasteiger partial charge in [0.05, 0.1) is 5.69 Å². The topological polar surface area (TPSA) is 42.1 Å². The van der Waals surface area contributed by atoms with E-state index in [1.54, 1.807) is 0 Å². The number of aryl methyl sites for hydroxylation is 1. The van der Waals surface area contributed by atoms with Gasteiger partial charge in [-0.15, -0.1) is 0 Å². The van der Waals surface area contributed by atoms with Gasteiger partial charge in [0.25, 0.3) is 0 Å². The summed E-state index contributed by atoms with van der Waals surface area (Å²) in [6.07, 6.45) is 1.04. The summed E-state index contributed by atoms with van der Waals surface area (Å²) in [4.78, 5) is 6.78. The van der Waals surface area contributed by atoms with Crippen molar-refractivity contribution in [2.45, 2.75) is 39.8 Å². The van der Waals surface area contributed by atoms with Crippen molar-refractivity contribution in [3.8, 4) is 0 Å². The second-order valence-corrected chi connectivity index (χ2v) is 5.20. The zero-order valence-electron chi connectivity index (χ0n) is 11.5. The summed E-state index contributed by atoms with van der Waals surface area (Å²) in [6, 6.07) is 6.46. The van der Waals surface area contributed by atoms with Crippen molar-refractivity contribution in [2.75, 3.05) is 13.6 Å². The standard InChI is InChI=1S/C14H25N3/c1-11(2)14(15)8-9-17(4)10-13-7-5-6-12(3)16-13/h5-7,11,14H,8-10,15H2,1-4H3. The molecule has 0 spiro atoms. The molecule has 0 aliphatic rings. The van der Waals surface area contributed by atoms with Crippen LogP contribution < -0.4 is 5.73 Å². The molecule has 3 heteroatoms. The summed E-state index contributed by atoms with van der Waals surface area (Å²) >= 11 is 0. The lowest BCUT2D eigenvalue weighted by Crippen LogP contribution is -2.31. The Morgan fingerprint density at radius 2 is 2.06 bits per heavy atom. The summed E-state index contributed by atoms with van der Waals surface area (Å²) in [5, 5.41) is 0. The van der Waals surface area contributed by atoms with E-state index in [4.69, 9.17) is 5.73 Å². The fourth-order valence-corrected chi connectivity index (χ4v) is 1.75. The molecule has 0 amide bonds. The van der Waals surface area contributed by atoms with Crippen LogP contribution in [0.3, 0.4) is 0 Å². The van der Waals surface area contributed by atoms with Crippen LogP contribution in [0.5, 0.6) is 0 Å². The van der Waals surface area contributed by atoms with Crippen LogP contribution in [0, 0.1) is 12.8 Å². The van der Waals surface area contributed by atoms with Gasteiger partial charge in [-0.25, -0.2) is 0 Å². The fraction of sp³-hybridized carbons (Fsp3) is 0.643. The maximum absolute atomic E-state index is 6.04. The van der Waals surface area contributed by atoms with E-state index in [2.05, 4.69) is 42.9 Å². The number of pyridine rings is 1. The molecule has 1 aromatic heterocycles. The van der Waals surface area contributed by atoms with Crippen molar-refractivity contribution in [1.82, 2.24) is 9.88 Å². The third-order valence-corrected chi connectivity index (χ3v) is 3.08. The molecule has 0 fully saturated rings. The molecule has 17 heavy (non-hydrogen) atoms. The molecule has 1 rings (SSSR count). The van der Waals surface area contributed by atoms with Gasteiger partial charge in [0.15, 0.2) is 0 Å². The van der Waals surface area contributed by atoms with Crippen molar-refractivity contribution in [3.05, 3.63) is 29.6 Å². The van der Waals surface area contributed by atoms with Crippen molar-refractivity contribution in [3.63, 3.8) is 0 Å². The lowest BCUT2D eigenvalue weighted by atomic mass is 10.0. The fourth-order valence-electron chi connectivity index (χ4n) is 1.75. The van der Waals surface area contributed by atoms with Gasteiger partial charge in [-0.3, -0.25) is 4.98 Å². The second-order valence-electron chi connectivity index (χ2n) is 5.20. The van der Waals surface area contributed by atoms with Crippen LogP contribution in [-0.2, 0) is 6.54 Å². The van der Waals surface area contributed by atoms with Crippen LogP contribution in [0.1, 0.15) is 31.7 Å². The molecule has 1 atom stereocenters. The van der Waals surface area contributed by atoms with E-state index < -0.39 is 0 Å². The first-order valence-electron chi connectivity index (χ1n) is 6.35. The van der Waals surface area contributed by atoms with E-state index >= 15 is 0 Å². The quantitative estimate of drug-likeness (QED) is 0.822. The van der Waals surface area contributed by atoms with Crippen molar-refractivity contribution in [2.24, 2.45) is 11.7 Å². The van der Waals surface area contributed by atoms with Gasteiger partial charge in [-0.1, -0.05) is 19.9 Å². The molecule has 2 N–H and O–H groups in total. The third-order valence-electron chi connectivity index (χ3n) is 3.08. The number of aromatic nitrogens is 1. The highest BCUT2D eigenvalue weighted by atomic mass is 15.1. The molecule has 0 saturated carbocycles. The molecule has 0 saturated heterocycles. The lowest BCUT2D eigenvalue weighted by Gasteiger charge is -2.21. The zero-order chi connectivity index (χ0) is 12.8. The Morgan fingerprint density at radius 3 is 2.65 bits per heavy atom. The van der Waals surface area contributed by atoms with E-state index in [0.29, 0.717) is 12.0 Å². The maximum Gasteiger partial charge on any atom is 0.0547 e. The number of nitrogens with zero attached hydrogens (tertiary/aromatic N) is 2. The second kappa shape index (κ2) is 6.72. The highest BCUT2D eigenvalue weighted by Gasteiger charge is 2.09. The normalized spacial score (nSPS) is 13.4. The van der Waals surface area contributed by atoms with E-state index in [9.17, 15) is 0 Å². The molecule has 0 aliphatic heterocycles. The first-order valence-corrected chi connectivity index (χ1v) is 6.35. The van der Waals surface area contributed by atoms with Gasteiger partial charge >= 0.3 is 0 Å². The highest BCUT2D eigenvalue weighted by molar-refractivity contribution is 5.09. The molecule has 0 aromatic carbocycles. The average Bonchev–Trinajstić information content (AvgIpc) is 2.25. The summed E-state index contributed by atoms with van der Waals surface area (Å²) in [5.41, 5.74) is 8.25. The number of nitrogens with two attached hydrogens (primary N) is 1. The van der Waals surface area contributed by atoms with E-state index in [1.807, 2.05) is 13.0 Å². The molecule has 1 heterocycles. The van der Waals surface area contributed by atoms with E-state index in [1.165, 1.54) is 0 Å². The monoisotopic (exact) mass is 235 g/mol. The van der Waals surface area contributed by atoms with Crippen LogP contribution in [0.2, 0.25) is 0 Å². The molecule has 0 aliphatic carbocycles. The van der Waals surface area contributed by atoms with Crippen LogP contribution in [-0.4, -0.2) is 29.5 Å². The Kier molecular flexibility index (Phi) is 5.59. The molecule has 1 aromatic rings. The van der Waals surface area contributed by atoms with Crippen LogP contribution in [0.25, 0.3) is 0 Å². The Hall–Kier alpha value is -0.930. The molecule has 96 valence electrons. The summed E-state index contributed by atoms with van der Waals surface area (Å²) in [5.74, 6) is 0.556.